The summed E-state index contributed by atoms with van der Waals surface area (Å²) in [7, 11) is -3.37. The van der Waals surface area contributed by atoms with Crippen LogP contribution in [0.4, 0.5) is 8.78 Å². The van der Waals surface area contributed by atoms with Crippen LogP contribution < -0.4 is 0 Å². The maximum atomic E-state index is 13.9. The van der Waals surface area contributed by atoms with E-state index in [1.54, 1.807) is 36.4 Å². The van der Waals surface area contributed by atoms with Gasteiger partial charge in [-0.15, -0.1) is 6.58 Å². The SMILES string of the molecule is C=CCn1nc(-c2ccc(S(C)(=O)=O)cc2)c(-c2ccc(Cl)cc2)c1C(F)F. The lowest BCUT2D eigenvalue weighted by molar-refractivity contribution is 0.140. The number of allylic oxidation sites excluding steroid dienone is 1. The third-order valence-electron chi connectivity index (χ3n) is 4.19. The number of rotatable bonds is 6. The smallest absolute Gasteiger partial charge is 0.259 e. The lowest BCUT2D eigenvalue weighted by Crippen LogP contribution is -2.04. The zero-order valence-electron chi connectivity index (χ0n) is 14.9. The Balaban J connectivity index is 2.26. The van der Waals surface area contributed by atoms with Gasteiger partial charge in [-0.2, -0.15) is 5.10 Å². The topological polar surface area (TPSA) is 52.0 Å². The number of benzene rings is 2. The minimum absolute atomic E-state index is 0.113. The first-order valence-electron chi connectivity index (χ1n) is 8.28. The molecule has 0 atom stereocenters. The average Bonchev–Trinajstić information content (AvgIpc) is 3.01. The fourth-order valence-corrected chi connectivity index (χ4v) is 3.68. The molecule has 0 saturated carbocycles. The molecule has 3 rings (SSSR count). The molecule has 2 aromatic carbocycles. The molecule has 0 N–H and O–H groups in total. The third-order valence-corrected chi connectivity index (χ3v) is 5.57. The van der Waals surface area contributed by atoms with Crippen molar-refractivity contribution in [2.45, 2.75) is 17.9 Å². The Hall–Kier alpha value is -2.51. The molecule has 0 aliphatic carbocycles. The predicted octanol–water partition coefficient (Wildman–Crippen LogP) is 5.40. The molecular formula is C20H17ClF2N2O2S. The fraction of sp³-hybridized carbons (Fsp3) is 0.150. The molecule has 1 heterocycles. The van der Waals surface area contributed by atoms with E-state index >= 15 is 0 Å². The van der Waals surface area contributed by atoms with Crippen LogP contribution in [0.5, 0.6) is 0 Å². The summed E-state index contributed by atoms with van der Waals surface area (Å²) in [4.78, 5) is 0.143. The molecule has 146 valence electrons. The zero-order valence-corrected chi connectivity index (χ0v) is 16.5. The van der Waals surface area contributed by atoms with Crippen molar-refractivity contribution in [2.75, 3.05) is 6.26 Å². The summed E-state index contributed by atoms with van der Waals surface area (Å²) < 4.78 is 52.4. The van der Waals surface area contributed by atoms with Crippen molar-refractivity contribution in [3.63, 3.8) is 0 Å². The second-order valence-electron chi connectivity index (χ2n) is 6.18. The second-order valence-corrected chi connectivity index (χ2v) is 8.64. The first-order chi connectivity index (χ1) is 13.2. The Labute approximate surface area is 167 Å². The summed E-state index contributed by atoms with van der Waals surface area (Å²) in [6, 6.07) is 12.5. The van der Waals surface area contributed by atoms with E-state index in [-0.39, 0.29) is 22.7 Å². The molecular weight excluding hydrogens is 406 g/mol. The van der Waals surface area contributed by atoms with E-state index in [0.717, 1.165) is 6.26 Å². The predicted molar refractivity (Wildman–Crippen MR) is 106 cm³/mol. The highest BCUT2D eigenvalue weighted by atomic mass is 35.5. The van der Waals surface area contributed by atoms with Gasteiger partial charge < -0.3 is 0 Å². The van der Waals surface area contributed by atoms with Gasteiger partial charge in [-0.25, -0.2) is 17.2 Å². The molecule has 1 aromatic heterocycles. The molecule has 0 aliphatic rings. The van der Waals surface area contributed by atoms with Crippen LogP contribution >= 0.6 is 11.6 Å². The number of nitrogens with zero attached hydrogens (tertiary/aromatic N) is 2. The van der Waals surface area contributed by atoms with Gasteiger partial charge in [0, 0.05) is 22.4 Å². The second kappa shape index (κ2) is 7.85. The summed E-state index contributed by atoms with van der Waals surface area (Å²) in [5.74, 6) is 0. The standard InChI is InChI=1S/C20H17ClF2N2O2S/c1-3-12-25-19(20(22)23)17(13-4-8-15(21)9-5-13)18(24-25)14-6-10-16(11-7-14)28(2,26)27/h3-11,20H,1,12H2,2H3. The maximum Gasteiger partial charge on any atom is 0.280 e. The van der Waals surface area contributed by atoms with Crippen LogP contribution in [0.1, 0.15) is 12.1 Å². The summed E-state index contributed by atoms with van der Waals surface area (Å²) in [5, 5.41) is 4.85. The van der Waals surface area contributed by atoms with Crippen molar-refractivity contribution >= 4 is 21.4 Å². The summed E-state index contributed by atoms with van der Waals surface area (Å²) in [6.45, 7) is 3.71. The van der Waals surface area contributed by atoms with Gasteiger partial charge in [0.1, 0.15) is 11.4 Å². The summed E-state index contributed by atoms with van der Waals surface area (Å²) in [5.41, 5.74) is 1.45. The Morgan fingerprint density at radius 2 is 1.68 bits per heavy atom. The van der Waals surface area contributed by atoms with E-state index in [1.807, 2.05) is 0 Å². The van der Waals surface area contributed by atoms with Crippen LogP contribution in [0.15, 0.2) is 66.1 Å². The number of hydrogen-bond acceptors (Lipinski definition) is 3. The Bertz CT molecular complexity index is 1110. The molecule has 0 fully saturated rings. The Kier molecular flexibility index (Phi) is 5.67. The number of halogens is 3. The van der Waals surface area contributed by atoms with Crippen LogP contribution in [0.2, 0.25) is 5.02 Å². The largest absolute Gasteiger partial charge is 0.280 e. The van der Waals surface area contributed by atoms with Gasteiger partial charge in [-0.05, 0) is 29.8 Å². The normalized spacial score (nSPS) is 11.8. The van der Waals surface area contributed by atoms with Crippen LogP contribution in [0.3, 0.4) is 0 Å². The lowest BCUT2D eigenvalue weighted by atomic mass is 9.99. The maximum absolute atomic E-state index is 13.9. The summed E-state index contributed by atoms with van der Waals surface area (Å²) >= 11 is 5.93. The monoisotopic (exact) mass is 422 g/mol. The molecule has 4 nitrogen and oxygen atoms in total. The van der Waals surface area contributed by atoms with E-state index in [0.29, 0.717) is 21.8 Å². The van der Waals surface area contributed by atoms with E-state index in [9.17, 15) is 17.2 Å². The van der Waals surface area contributed by atoms with E-state index < -0.39 is 16.3 Å². The number of sulfone groups is 1. The lowest BCUT2D eigenvalue weighted by Gasteiger charge is -2.08. The molecule has 0 unspecified atom stereocenters. The van der Waals surface area contributed by atoms with Gasteiger partial charge in [0.25, 0.3) is 6.43 Å². The number of hydrogen-bond donors (Lipinski definition) is 0. The van der Waals surface area contributed by atoms with E-state index in [2.05, 4.69) is 11.7 Å². The zero-order chi connectivity index (χ0) is 20.5. The number of aromatic nitrogens is 2. The highest BCUT2D eigenvalue weighted by Crippen LogP contribution is 2.39. The highest BCUT2D eigenvalue weighted by molar-refractivity contribution is 7.90. The van der Waals surface area contributed by atoms with Crippen LogP contribution in [-0.4, -0.2) is 24.5 Å². The van der Waals surface area contributed by atoms with Crippen LogP contribution in [-0.2, 0) is 16.4 Å². The molecule has 0 bridgehead atoms. The van der Waals surface area contributed by atoms with E-state index in [1.165, 1.54) is 22.9 Å². The molecule has 0 aliphatic heterocycles. The Morgan fingerprint density at radius 1 is 1.11 bits per heavy atom. The van der Waals surface area contributed by atoms with Crippen molar-refractivity contribution < 1.29 is 17.2 Å². The molecule has 0 saturated heterocycles. The Morgan fingerprint density at radius 3 is 2.18 bits per heavy atom. The van der Waals surface area contributed by atoms with Crippen LogP contribution in [0.25, 0.3) is 22.4 Å². The van der Waals surface area contributed by atoms with Gasteiger partial charge in [-0.3, -0.25) is 4.68 Å². The van der Waals surface area contributed by atoms with Crippen molar-refractivity contribution in [1.82, 2.24) is 9.78 Å². The highest BCUT2D eigenvalue weighted by Gasteiger charge is 2.26. The van der Waals surface area contributed by atoms with Crippen molar-refractivity contribution in [3.8, 4) is 22.4 Å². The first kappa shape index (κ1) is 20.2. The van der Waals surface area contributed by atoms with Gasteiger partial charge in [0.2, 0.25) is 0 Å². The average molecular weight is 423 g/mol. The molecule has 0 amide bonds. The fourth-order valence-electron chi connectivity index (χ4n) is 2.92. The minimum atomic E-state index is -3.37. The van der Waals surface area contributed by atoms with Crippen molar-refractivity contribution in [2.24, 2.45) is 0 Å². The molecule has 0 radical (unpaired) electrons. The van der Waals surface area contributed by atoms with Crippen molar-refractivity contribution in [3.05, 3.63) is 71.9 Å². The van der Waals surface area contributed by atoms with E-state index in [4.69, 9.17) is 11.6 Å². The quantitative estimate of drug-likeness (QED) is 0.500. The summed E-state index contributed by atoms with van der Waals surface area (Å²) in [6.07, 6.45) is -0.169. The number of alkyl halides is 2. The molecule has 3 aromatic rings. The van der Waals surface area contributed by atoms with Gasteiger partial charge in [-0.1, -0.05) is 41.9 Å². The minimum Gasteiger partial charge on any atom is -0.259 e. The van der Waals surface area contributed by atoms with Gasteiger partial charge in [0.15, 0.2) is 9.84 Å². The molecule has 8 heteroatoms. The van der Waals surface area contributed by atoms with Crippen LogP contribution in [0, 0.1) is 0 Å². The molecule has 0 spiro atoms. The first-order valence-corrected chi connectivity index (χ1v) is 10.6. The van der Waals surface area contributed by atoms with Crippen molar-refractivity contribution in [1.29, 1.82) is 0 Å². The van der Waals surface area contributed by atoms with Gasteiger partial charge in [0.05, 0.1) is 11.4 Å². The third kappa shape index (κ3) is 4.00. The van der Waals surface area contributed by atoms with Gasteiger partial charge >= 0.3 is 0 Å². The molecule has 28 heavy (non-hydrogen) atoms.